The molecule has 12 heteroatoms. The van der Waals surface area contributed by atoms with Gasteiger partial charge in [0.2, 0.25) is 0 Å². The van der Waals surface area contributed by atoms with Crippen molar-refractivity contribution in [3.63, 3.8) is 0 Å². The van der Waals surface area contributed by atoms with Crippen molar-refractivity contribution in [1.29, 1.82) is 0 Å². The Morgan fingerprint density at radius 1 is 1.07 bits per heavy atom. The van der Waals surface area contributed by atoms with Crippen LogP contribution < -0.4 is 15.0 Å². The highest BCUT2D eigenvalue weighted by molar-refractivity contribution is 6.01. The van der Waals surface area contributed by atoms with E-state index in [0.29, 0.717) is 55.8 Å². The van der Waals surface area contributed by atoms with Gasteiger partial charge in [-0.1, -0.05) is 6.07 Å². The molecular weight excluding hydrogens is 564 g/mol. The van der Waals surface area contributed by atoms with Crippen molar-refractivity contribution in [2.24, 2.45) is 0 Å². The Morgan fingerprint density at radius 3 is 2.84 bits per heavy atom. The Kier molecular flexibility index (Phi) is 6.16. The maximum Gasteiger partial charge on any atom is 0.319 e. The molecule has 2 aromatic heterocycles. The van der Waals surface area contributed by atoms with Gasteiger partial charge in [-0.05, 0) is 55.8 Å². The number of anilines is 1. The Bertz CT molecular complexity index is 1790. The van der Waals surface area contributed by atoms with Crippen molar-refractivity contribution in [2.45, 2.75) is 49.9 Å². The monoisotopic (exact) mass is 594 g/mol. The first-order chi connectivity index (χ1) is 20.8. The Balaban J connectivity index is 1.32. The zero-order valence-corrected chi connectivity index (χ0v) is 23.3. The molecule has 0 aliphatic carbocycles. The molecule has 0 saturated carbocycles. The fourth-order valence-corrected chi connectivity index (χ4v) is 7.65. The van der Waals surface area contributed by atoms with Gasteiger partial charge in [-0.15, -0.1) is 0 Å². The van der Waals surface area contributed by atoms with E-state index in [9.17, 15) is 13.9 Å². The van der Waals surface area contributed by atoms with Gasteiger partial charge < -0.3 is 20.1 Å². The van der Waals surface area contributed by atoms with Crippen molar-refractivity contribution in [2.75, 3.05) is 44.2 Å². The average Bonchev–Trinajstić information content (AvgIpc) is 3.47. The molecule has 3 fully saturated rings. The fraction of sp³-hybridized carbons (Fsp3) is 0.452. The summed E-state index contributed by atoms with van der Waals surface area (Å²) in [6, 6.07) is 4.83. The van der Waals surface area contributed by atoms with Gasteiger partial charge in [0.05, 0.1) is 16.6 Å². The van der Waals surface area contributed by atoms with E-state index in [1.165, 1.54) is 18.2 Å². The molecule has 224 valence electrons. The van der Waals surface area contributed by atoms with Crippen LogP contribution >= 0.6 is 0 Å². The highest BCUT2D eigenvalue weighted by Crippen LogP contribution is 2.43. The van der Waals surface area contributed by atoms with Crippen LogP contribution in [-0.2, 0) is 6.42 Å². The maximum atomic E-state index is 16.7. The molecule has 4 aliphatic heterocycles. The van der Waals surface area contributed by atoms with Crippen molar-refractivity contribution in [3.8, 4) is 23.0 Å². The second-order valence-corrected chi connectivity index (χ2v) is 12.2. The number of nitrogens with zero attached hydrogens (tertiary/aromatic N) is 5. The molecule has 4 aromatic rings. The van der Waals surface area contributed by atoms with E-state index >= 15 is 8.78 Å². The average molecular weight is 595 g/mol. The number of aryl methyl sites for hydroxylation is 1. The first kappa shape index (κ1) is 26.8. The third kappa shape index (κ3) is 4.21. The van der Waals surface area contributed by atoms with Crippen LogP contribution in [0.3, 0.4) is 0 Å². The topological polar surface area (TPSA) is 86.6 Å². The van der Waals surface area contributed by atoms with Crippen LogP contribution in [0.2, 0.25) is 0 Å². The number of aromatic hydroxyl groups is 1. The summed E-state index contributed by atoms with van der Waals surface area (Å²) < 4.78 is 66.9. The summed E-state index contributed by atoms with van der Waals surface area (Å²) in [7, 11) is 0. The zero-order chi connectivity index (χ0) is 29.5. The van der Waals surface area contributed by atoms with E-state index in [4.69, 9.17) is 9.72 Å². The molecule has 6 heterocycles. The van der Waals surface area contributed by atoms with Crippen LogP contribution in [0, 0.1) is 17.5 Å². The number of hydrogen-bond donors (Lipinski definition) is 2. The molecule has 8 nitrogen and oxygen atoms in total. The number of nitrogens with one attached hydrogen (secondary N) is 1. The molecule has 0 unspecified atom stereocenters. The minimum absolute atomic E-state index is 0.0230. The van der Waals surface area contributed by atoms with Gasteiger partial charge in [0.25, 0.3) is 0 Å². The molecule has 43 heavy (non-hydrogen) atoms. The predicted octanol–water partition coefficient (Wildman–Crippen LogP) is 4.65. The van der Waals surface area contributed by atoms with Gasteiger partial charge in [0, 0.05) is 49.6 Å². The third-order valence-electron chi connectivity index (χ3n) is 9.64. The summed E-state index contributed by atoms with van der Waals surface area (Å²) >= 11 is 0. The fourth-order valence-electron chi connectivity index (χ4n) is 7.65. The Labute approximate surface area is 244 Å². The van der Waals surface area contributed by atoms with Gasteiger partial charge in [-0.25, -0.2) is 22.5 Å². The van der Waals surface area contributed by atoms with Crippen LogP contribution in [0.4, 0.5) is 23.4 Å². The van der Waals surface area contributed by atoms with Crippen molar-refractivity contribution < 1.29 is 27.4 Å². The van der Waals surface area contributed by atoms with Crippen LogP contribution in [0.1, 0.15) is 31.4 Å². The summed E-state index contributed by atoms with van der Waals surface area (Å²) in [5, 5.41) is 14.3. The summed E-state index contributed by atoms with van der Waals surface area (Å²) in [4.78, 5) is 18.3. The zero-order valence-electron chi connectivity index (χ0n) is 23.3. The van der Waals surface area contributed by atoms with Gasteiger partial charge >= 0.3 is 6.01 Å². The van der Waals surface area contributed by atoms with Crippen molar-refractivity contribution >= 4 is 27.5 Å². The smallest absolute Gasteiger partial charge is 0.319 e. The number of fused-ring (bicyclic) bond motifs is 4. The lowest BCUT2D eigenvalue weighted by Gasteiger charge is -2.36. The molecule has 2 aromatic carbocycles. The number of phenolic OH excluding ortho intramolecular Hbond substituents is 1. The maximum absolute atomic E-state index is 16.7. The number of ether oxygens (including phenoxy) is 1. The molecule has 0 spiro atoms. The minimum Gasteiger partial charge on any atom is -0.508 e. The number of aromatic nitrogens is 3. The highest BCUT2D eigenvalue weighted by Gasteiger charge is 2.49. The van der Waals surface area contributed by atoms with Gasteiger partial charge in [0.1, 0.15) is 35.6 Å². The van der Waals surface area contributed by atoms with Gasteiger partial charge in [-0.3, -0.25) is 4.90 Å². The number of halogens is 4. The van der Waals surface area contributed by atoms with E-state index in [-0.39, 0.29) is 52.0 Å². The molecular formula is C31H30F4N6O2. The second kappa shape index (κ2) is 9.88. The van der Waals surface area contributed by atoms with E-state index in [1.807, 2.05) is 0 Å². The van der Waals surface area contributed by atoms with Crippen molar-refractivity contribution in [1.82, 2.24) is 25.2 Å². The number of phenols is 1. The lowest BCUT2D eigenvalue weighted by molar-refractivity contribution is 0.107. The molecule has 0 bridgehead atoms. The van der Waals surface area contributed by atoms with E-state index in [0.717, 1.165) is 32.0 Å². The highest BCUT2D eigenvalue weighted by atomic mass is 19.2. The molecule has 0 amide bonds. The SMILES string of the molecule is Oc1cc(-c2nc3c4c(nc(OC[C@@]56CCCN5C[C@H](F)C6)nc4c2F)N2CCNC[C@H]2CC3)c2c(F)c(F)ccc2c1. The van der Waals surface area contributed by atoms with Crippen molar-refractivity contribution in [3.05, 3.63) is 47.4 Å². The van der Waals surface area contributed by atoms with E-state index in [2.05, 4.69) is 25.1 Å². The molecule has 3 atom stereocenters. The quantitative estimate of drug-likeness (QED) is 0.331. The number of pyridine rings is 1. The van der Waals surface area contributed by atoms with Crippen LogP contribution in [-0.4, -0.2) is 82.0 Å². The summed E-state index contributed by atoms with van der Waals surface area (Å²) in [5.74, 6) is -2.81. The predicted molar refractivity (Wildman–Crippen MR) is 153 cm³/mol. The second-order valence-electron chi connectivity index (χ2n) is 12.2. The minimum atomic E-state index is -1.15. The lowest BCUT2D eigenvalue weighted by atomic mass is 9.95. The van der Waals surface area contributed by atoms with E-state index in [1.54, 1.807) is 0 Å². The molecule has 2 N–H and O–H groups in total. The largest absolute Gasteiger partial charge is 0.508 e. The summed E-state index contributed by atoms with van der Waals surface area (Å²) in [5.41, 5.74) is -0.263. The molecule has 8 rings (SSSR count). The summed E-state index contributed by atoms with van der Waals surface area (Å²) in [6.07, 6.45) is 2.37. The summed E-state index contributed by atoms with van der Waals surface area (Å²) in [6.45, 7) is 3.43. The Hall–Kier alpha value is -3.77. The molecule has 4 aliphatic rings. The normalized spacial score (nSPS) is 25.3. The standard InChI is InChI=1S/C31H30F4N6O2/c32-17-12-31(6-1-8-40(31)14-17)15-43-30-38-28-24-22(5-3-18-13-36-7-9-41(18)29(24)39-30)37-27(26(28)35)20-11-19(42)10-16-2-4-21(33)25(34)23(16)20/h2,4,10-11,17-18,36,42H,1,3,5-9,12-15H2/t17-,18-,31+/m1/s1. The lowest BCUT2D eigenvalue weighted by Crippen LogP contribution is -2.51. The number of alkyl halides is 1. The molecule has 0 radical (unpaired) electrons. The molecule has 3 saturated heterocycles. The number of benzene rings is 2. The van der Waals surface area contributed by atoms with Crippen LogP contribution in [0.5, 0.6) is 11.8 Å². The first-order valence-electron chi connectivity index (χ1n) is 14.8. The number of hydrogen-bond acceptors (Lipinski definition) is 8. The van der Waals surface area contributed by atoms with E-state index < -0.39 is 29.2 Å². The number of piperazine rings is 1. The number of rotatable bonds is 4. The van der Waals surface area contributed by atoms with Gasteiger partial charge in [0.15, 0.2) is 17.5 Å². The van der Waals surface area contributed by atoms with Crippen LogP contribution in [0.25, 0.3) is 32.9 Å². The third-order valence-corrected chi connectivity index (χ3v) is 9.64. The Morgan fingerprint density at radius 2 is 1.95 bits per heavy atom. The first-order valence-corrected chi connectivity index (χ1v) is 14.8. The van der Waals surface area contributed by atoms with Gasteiger partial charge in [-0.2, -0.15) is 9.97 Å². The van der Waals surface area contributed by atoms with Crippen LogP contribution in [0.15, 0.2) is 24.3 Å².